The molecule has 0 amide bonds. The number of allylic oxidation sites excluding steroid dienone is 2. The van der Waals surface area contributed by atoms with E-state index in [2.05, 4.69) is 39.0 Å². The van der Waals surface area contributed by atoms with Crippen LogP contribution in [0.1, 0.15) is 69.6 Å². The maximum atomic E-state index is 10.3. The maximum absolute atomic E-state index is 10.3. The van der Waals surface area contributed by atoms with Gasteiger partial charge in [0.25, 0.3) is 0 Å². The first-order valence-corrected chi connectivity index (χ1v) is 9.37. The van der Waals surface area contributed by atoms with Gasteiger partial charge in [0.1, 0.15) is 0 Å². The zero-order chi connectivity index (χ0) is 16.4. The molecular formula is C22H30O. The summed E-state index contributed by atoms with van der Waals surface area (Å²) >= 11 is 0. The number of aliphatic hydroxyl groups excluding tert-OH is 1. The van der Waals surface area contributed by atoms with Crippen molar-refractivity contribution < 1.29 is 5.11 Å². The second-order valence-electron chi connectivity index (χ2n) is 8.75. The molecule has 1 heteroatoms. The fourth-order valence-electron chi connectivity index (χ4n) is 6.18. The van der Waals surface area contributed by atoms with E-state index in [0.29, 0.717) is 5.92 Å². The van der Waals surface area contributed by atoms with Crippen LogP contribution in [-0.4, -0.2) is 11.2 Å². The zero-order valence-corrected chi connectivity index (χ0v) is 15.1. The summed E-state index contributed by atoms with van der Waals surface area (Å²) in [6.07, 6.45) is 7.08. The molecular weight excluding hydrogens is 280 g/mol. The monoisotopic (exact) mass is 310 g/mol. The highest BCUT2D eigenvalue weighted by atomic mass is 16.3. The Morgan fingerprint density at radius 2 is 1.87 bits per heavy atom. The molecule has 0 spiro atoms. The summed E-state index contributed by atoms with van der Waals surface area (Å²) in [5, 5.41) is 10.3. The lowest BCUT2D eigenvalue weighted by Gasteiger charge is -2.50. The first-order chi connectivity index (χ1) is 10.9. The van der Waals surface area contributed by atoms with Crippen LogP contribution in [0.4, 0.5) is 0 Å². The topological polar surface area (TPSA) is 20.2 Å². The van der Waals surface area contributed by atoms with E-state index >= 15 is 0 Å². The van der Waals surface area contributed by atoms with Crippen molar-refractivity contribution in [2.45, 2.75) is 77.7 Å². The van der Waals surface area contributed by atoms with E-state index in [0.717, 1.165) is 0 Å². The van der Waals surface area contributed by atoms with Gasteiger partial charge in [-0.15, -0.1) is 0 Å². The number of hydrogen-bond donors (Lipinski definition) is 1. The average molecular weight is 310 g/mol. The smallest absolute Gasteiger partial charge is 0.0548 e. The van der Waals surface area contributed by atoms with Crippen LogP contribution in [0, 0.1) is 18.3 Å². The van der Waals surface area contributed by atoms with Gasteiger partial charge in [0, 0.05) is 5.41 Å². The third-order valence-corrected chi connectivity index (χ3v) is 7.47. The number of aryl methyl sites for hydroxylation is 2. The van der Waals surface area contributed by atoms with Crippen molar-refractivity contribution in [3.63, 3.8) is 0 Å². The molecule has 1 saturated carbocycles. The predicted molar refractivity (Wildman–Crippen MR) is 95.6 cm³/mol. The van der Waals surface area contributed by atoms with Crippen LogP contribution in [0.25, 0.3) is 0 Å². The Hall–Kier alpha value is -1.08. The van der Waals surface area contributed by atoms with Crippen LogP contribution in [0.2, 0.25) is 0 Å². The Bertz CT molecular complexity index is 683. The second-order valence-corrected chi connectivity index (χ2v) is 8.75. The minimum atomic E-state index is -0.180. The van der Waals surface area contributed by atoms with Crippen LogP contribution >= 0.6 is 0 Å². The van der Waals surface area contributed by atoms with Gasteiger partial charge in [-0.3, -0.25) is 0 Å². The number of fused-ring (bicyclic) bond motifs is 4. The second kappa shape index (κ2) is 4.96. The Kier molecular flexibility index (Phi) is 3.33. The molecule has 0 saturated heterocycles. The molecule has 3 aliphatic carbocycles. The number of benzene rings is 1. The fourth-order valence-corrected chi connectivity index (χ4v) is 6.18. The molecule has 0 heterocycles. The third-order valence-electron chi connectivity index (χ3n) is 7.47. The van der Waals surface area contributed by atoms with Gasteiger partial charge in [-0.2, -0.15) is 0 Å². The van der Waals surface area contributed by atoms with Crippen molar-refractivity contribution in [1.82, 2.24) is 0 Å². The highest BCUT2D eigenvalue weighted by Gasteiger charge is 2.52. The van der Waals surface area contributed by atoms with Crippen LogP contribution < -0.4 is 0 Å². The SMILES string of the molecule is Cc1ccc2c(c1)CCC1=C3CC[C@H]([C@H](C)O)[C@@]3(C)CC[C@]12C. The molecule has 0 aromatic heterocycles. The van der Waals surface area contributed by atoms with Gasteiger partial charge in [0.15, 0.2) is 0 Å². The molecule has 124 valence electrons. The highest BCUT2D eigenvalue weighted by molar-refractivity contribution is 5.51. The Morgan fingerprint density at radius 1 is 1.09 bits per heavy atom. The average Bonchev–Trinajstić information content (AvgIpc) is 2.84. The molecule has 0 radical (unpaired) electrons. The summed E-state index contributed by atoms with van der Waals surface area (Å²) in [5.41, 5.74) is 8.47. The van der Waals surface area contributed by atoms with Crippen molar-refractivity contribution in [3.8, 4) is 0 Å². The van der Waals surface area contributed by atoms with E-state index in [1.165, 1.54) is 44.1 Å². The van der Waals surface area contributed by atoms with Gasteiger partial charge in [-0.25, -0.2) is 0 Å². The van der Waals surface area contributed by atoms with Crippen LogP contribution in [-0.2, 0) is 11.8 Å². The molecule has 0 unspecified atom stereocenters. The van der Waals surface area contributed by atoms with Gasteiger partial charge < -0.3 is 5.11 Å². The highest BCUT2D eigenvalue weighted by Crippen LogP contribution is 2.62. The summed E-state index contributed by atoms with van der Waals surface area (Å²) in [5.74, 6) is 0.453. The Morgan fingerprint density at radius 3 is 2.61 bits per heavy atom. The third kappa shape index (κ3) is 2.02. The fraction of sp³-hybridized carbons (Fsp3) is 0.636. The van der Waals surface area contributed by atoms with Gasteiger partial charge in [-0.1, -0.05) is 48.8 Å². The summed E-state index contributed by atoms with van der Waals surface area (Å²) in [6, 6.07) is 7.09. The molecule has 1 aromatic carbocycles. The molecule has 4 rings (SSSR count). The maximum Gasteiger partial charge on any atom is 0.0548 e. The standard InChI is InChI=1S/C22H30O/c1-14-5-7-18-16(13-14)6-8-19-20-10-9-17(15(2)23)21(20,3)11-12-22(18,19)4/h5,7,13,15,17,23H,6,8-12H2,1-4H3/t15-,17+,21+,22-/m0/s1. The lowest BCUT2D eigenvalue weighted by Crippen LogP contribution is -2.42. The minimum Gasteiger partial charge on any atom is -0.393 e. The number of hydrogen-bond acceptors (Lipinski definition) is 1. The quantitative estimate of drug-likeness (QED) is 0.717. The molecule has 3 aliphatic rings. The molecule has 23 heavy (non-hydrogen) atoms. The van der Waals surface area contributed by atoms with E-state index in [-0.39, 0.29) is 16.9 Å². The minimum absolute atomic E-state index is 0.180. The Balaban J connectivity index is 1.86. The van der Waals surface area contributed by atoms with Crippen molar-refractivity contribution in [2.75, 3.05) is 0 Å². The van der Waals surface area contributed by atoms with E-state index < -0.39 is 0 Å². The molecule has 1 nitrogen and oxygen atoms in total. The van der Waals surface area contributed by atoms with Crippen molar-refractivity contribution in [1.29, 1.82) is 0 Å². The molecule has 0 aliphatic heterocycles. The lowest BCUT2D eigenvalue weighted by atomic mass is 9.55. The van der Waals surface area contributed by atoms with E-state index in [1.54, 1.807) is 22.3 Å². The zero-order valence-electron chi connectivity index (χ0n) is 15.1. The summed E-state index contributed by atoms with van der Waals surface area (Å²) in [6.45, 7) is 9.12. The van der Waals surface area contributed by atoms with Gasteiger partial charge in [-0.05, 0) is 74.8 Å². The molecule has 1 aromatic rings. The Labute approximate surface area is 140 Å². The molecule has 0 bridgehead atoms. The number of aliphatic hydroxyl groups is 1. The first-order valence-electron chi connectivity index (χ1n) is 9.37. The van der Waals surface area contributed by atoms with Crippen molar-refractivity contribution in [2.24, 2.45) is 11.3 Å². The van der Waals surface area contributed by atoms with Gasteiger partial charge in [0.05, 0.1) is 6.10 Å². The van der Waals surface area contributed by atoms with E-state index in [9.17, 15) is 5.11 Å². The van der Waals surface area contributed by atoms with Gasteiger partial charge >= 0.3 is 0 Å². The summed E-state index contributed by atoms with van der Waals surface area (Å²) in [4.78, 5) is 0. The van der Waals surface area contributed by atoms with E-state index in [1.807, 2.05) is 6.92 Å². The van der Waals surface area contributed by atoms with Crippen LogP contribution in [0.5, 0.6) is 0 Å². The summed E-state index contributed by atoms with van der Waals surface area (Å²) in [7, 11) is 0. The molecule has 1 N–H and O–H groups in total. The van der Waals surface area contributed by atoms with Crippen LogP contribution in [0.3, 0.4) is 0 Å². The van der Waals surface area contributed by atoms with Gasteiger partial charge in [0.2, 0.25) is 0 Å². The molecule has 1 fully saturated rings. The summed E-state index contributed by atoms with van der Waals surface area (Å²) < 4.78 is 0. The van der Waals surface area contributed by atoms with Crippen molar-refractivity contribution in [3.05, 3.63) is 46.0 Å². The largest absolute Gasteiger partial charge is 0.393 e. The van der Waals surface area contributed by atoms with E-state index in [4.69, 9.17) is 0 Å². The molecule has 4 atom stereocenters. The predicted octanol–water partition coefficient (Wildman–Crippen LogP) is 5.09. The lowest BCUT2D eigenvalue weighted by molar-refractivity contribution is 0.0585. The normalized spacial score (nSPS) is 37.2. The van der Waals surface area contributed by atoms with Crippen LogP contribution in [0.15, 0.2) is 29.3 Å². The number of rotatable bonds is 1. The first kappa shape index (κ1) is 15.4. The van der Waals surface area contributed by atoms with Crippen molar-refractivity contribution >= 4 is 0 Å².